The van der Waals surface area contributed by atoms with Crippen molar-refractivity contribution in [1.29, 1.82) is 0 Å². The van der Waals surface area contributed by atoms with Crippen LogP contribution in [0, 0.1) is 11.8 Å². The smallest absolute Gasteiger partial charge is 0.309 e. The standard InChI is InChI=1S/C14H22I2O6/c15-11(17)5-7-21-13(19)9-3-1-2-4-10(9)14(20)22-8-6-12(16)18/h9-12,17-18H,1-8H2. The van der Waals surface area contributed by atoms with Gasteiger partial charge in [-0.1, -0.05) is 58.0 Å². The molecule has 2 N–H and O–H groups in total. The van der Waals surface area contributed by atoms with Crippen molar-refractivity contribution >= 4 is 57.1 Å². The lowest BCUT2D eigenvalue weighted by Gasteiger charge is -2.28. The number of aliphatic hydroxyl groups is 2. The second kappa shape index (κ2) is 11.0. The summed E-state index contributed by atoms with van der Waals surface area (Å²) in [7, 11) is 0. The number of carbonyl (C=O) groups excluding carboxylic acids is 2. The maximum Gasteiger partial charge on any atom is 0.309 e. The molecular weight excluding hydrogens is 518 g/mol. The summed E-state index contributed by atoms with van der Waals surface area (Å²) in [5, 5.41) is 18.3. The SMILES string of the molecule is O=C(OCCC(O)I)C1CCCCC1C(=O)OCCC(O)I. The lowest BCUT2D eigenvalue weighted by Crippen LogP contribution is -2.35. The summed E-state index contributed by atoms with van der Waals surface area (Å²) >= 11 is 3.70. The Balaban J connectivity index is 2.47. The van der Waals surface area contributed by atoms with Crippen LogP contribution in [-0.4, -0.2) is 43.6 Å². The van der Waals surface area contributed by atoms with Crippen molar-refractivity contribution in [3.05, 3.63) is 0 Å². The fourth-order valence-electron chi connectivity index (χ4n) is 2.42. The molecule has 1 aliphatic rings. The van der Waals surface area contributed by atoms with E-state index in [1.807, 2.05) is 45.2 Å². The maximum absolute atomic E-state index is 12.1. The van der Waals surface area contributed by atoms with Crippen LogP contribution >= 0.6 is 45.2 Å². The molecule has 0 amide bonds. The molecule has 0 spiro atoms. The van der Waals surface area contributed by atoms with E-state index < -0.39 is 20.1 Å². The lowest BCUT2D eigenvalue weighted by molar-refractivity contribution is -0.163. The van der Waals surface area contributed by atoms with Gasteiger partial charge in [-0.05, 0) is 12.8 Å². The zero-order chi connectivity index (χ0) is 16.5. The van der Waals surface area contributed by atoms with Crippen LogP contribution in [0.2, 0.25) is 0 Å². The average molecular weight is 540 g/mol. The van der Waals surface area contributed by atoms with Crippen molar-refractivity contribution in [2.24, 2.45) is 11.8 Å². The predicted octanol–water partition coefficient (Wildman–Crippen LogP) is 2.17. The Bertz CT molecular complexity index is 327. The molecule has 0 saturated heterocycles. The molecule has 4 unspecified atom stereocenters. The minimum absolute atomic E-state index is 0.155. The number of ether oxygens (including phenoxy) is 2. The summed E-state index contributed by atoms with van der Waals surface area (Å²) in [5.74, 6) is -1.69. The normalized spacial score (nSPS) is 24.4. The summed E-state index contributed by atoms with van der Waals surface area (Å²) in [6, 6.07) is 0. The first-order valence-corrected chi connectivity index (χ1v) is 9.88. The molecule has 1 rings (SSSR count). The van der Waals surface area contributed by atoms with Crippen LogP contribution in [0.5, 0.6) is 0 Å². The number of alkyl halides is 2. The molecule has 22 heavy (non-hydrogen) atoms. The third kappa shape index (κ3) is 7.73. The number of esters is 2. The van der Waals surface area contributed by atoms with Gasteiger partial charge in [0.1, 0.15) is 8.22 Å². The van der Waals surface area contributed by atoms with Crippen molar-refractivity contribution < 1.29 is 29.3 Å². The van der Waals surface area contributed by atoms with Gasteiger partial charge in [-0.3, -0.25) is 9.59 Å². The fourth-order valence-corrected chi connectivity index (χ4v) is 2.93. The van der Waals surface area contributed by atoms with Gasteiger partial charge in [-0.25, -0.2) is 0 Å². The van der Waals surface area contributed by atoms with Crippen LogP contribution in [-0.2, 0) is 19.1 Å². The first-order chi connectivity index (χ1) is 10.4. The van der Waals surface area contributed by atoms with Crippen LogP contribution in [0.15, 0.2) is 0 Å². The largest absolute Gasteiger partial charge is 0.465 e. The highest BCUT2D eigenvalue weighted by molar-refractivity contribution is 14.1. The highest BCUT2D eigenvalue weighted by Crippen LogP contribution is 2.32. The summed E-state index contributed by atoms with van der Waals surface area (Å²) in [4.78, 5) is 24.2. The van der Waals surface area contributed by atoms with Gasteiger partial charge in [0.2, 0.25) is 0 Å². The number of hydrogen-bond donors (Lipinski definition) is 2. The van der Waals surface area contributed by atoms with Crippen molar-refractivity contribution in [3.8, 4) is 0 Å². The monoisotopic (exact) mass is 540 g/mol. The van der Waals surface area contributed by atoms with Gasteiger partial charge in [0.15, 0.2) is 0 Å². The molecule has 1 saturated carbocycles. The Labute approximate surface area is 157 Å². The Morgan fingerprint density at radius 3 is 1.59 bits per heavy atom. The third-order valence-electron chi connectivity index (χ3n) is 3.57. The van der Waals surface area contributed by atoms with Gasteiger partial charge in [0.05, 0.1) is 25.0 Å². The van der Waals surface area contributed by atoms with E-state index in [9.17, 15) is 9.59 Å². The van der Waals surface area contributed by atoms with E-state index >= 15 is 0 Å². The van der Waals surface area contributed by atoms with Gasteiger partial charge in [-0.15, -0.1) is 0 Å². The van der Waals surface area contributed by atoms with Gasteiger partial charge >= 0.3 is 11.9 Å². The molecule has 4 atom stereocenters. The van der Waals surface area contributed by atoms with E-state index in [0.29, 0.717) is 25.7 Å². The van der Waals surface area contributed by atoms with Gasteiger partial charge in [0.25, 0.3) is 0 Å². The predicted molar refractivity (Wildman–Crippen MR) is 96.7 cm³/mol. The quantitative estimate of drug-likeness (QED) is 0.279. The average Bonchev–Trinajstić information content (AvgIpc) is 2.46. The topological polar surface area (TPSA) is 93.1 Å². The molecule has 0 radical (unpaired) electrons. The summed E-state index contributed by atoms with van der Waals surface area (Å²) in [6.45, 7) is 0.310. The fraction of sp³-hybridized carbons (Fsp3) is 0.857. The number of rotatable bonds is 8. The lowest BCUT2D eigenvalue weighted by atomic mass is 9.79. The second-order valence-corrected chi connectivity index (χ2v) is 8.15. The molecule has 0 heterocycles. The highest BCUT2D eigenvalue weighted by atomic mass is 127. The van der Waals surface area contributed by atoms with Crippen LogP contribution < -0.4 is 0 Å². The van der Waals surface area contributed by atoms with Crippen LogP contribution in [0.3, 0.4) is 0 Å². The number of hydrogen-bond acceptors (Lipinski definition) is 6. The molecule has 1 aliphatic carbocycles. The van der Waals surface area contributed by atoms with Crippen molar-refractivity contribution in [3.63, 3.8) is 0 Å². The first-order valence-electron chi connectivity index (χ1n) is 7.39. The molecule has 0 aliphatic heterocycles. The second-order valence-electron chi connectivity index (χ2n) is 5.28. The zero-order valence-electron chi connectivity index (χ0n) is 12.2. The molecule has 0 aromatic rings. The van der Waals surface area contributed by atoms with E-state index in [-0.39, 0.29) is 25.2 Å². The number of carbonyl (C=O) groups is 2. The Morgan fingerprint density at radius 1 is 0.909 bits per heavy atom. The molecule has 1 fully saturated rings. The Hall–Kier alpha value is 0.320. The summed E-state index contributed by atoms with van der Waals surface area (Å²) in [6.07, 6.45) is 3.79. The van der Waals surface area contributed by atoms with E-state index in [0.717, 1.165) is 12.8 Å². The van der Waals surface area contributed by atoms with Gasteiger partial charge in [-0.2, -0.15) is 0 Å². The van der Waals surface area contributed by atoms with Crippen molar-refractivity contribution in [2.45, 2.75) is 46.7 Å². The van der Waals surface area contributed by atoms with Crippen LogP contribution in [0.4, 0.5) is 0 Å². The summed E-state index contributed by atoms with van der Waals surface area (Å²) in [5.41, 5.74) is 0. The first kappa shape index (κ1) is 20.4. The molecule has 6 nitrogen and oxygen atoms in total. The number of aliphatic hydroxyl groups excluding tert-OH is 2. The van der Waals surface area contributed by atoms with Crippen LogP contribution in [0.1, 0.15) is 38.5 Å². The van der Waals surface area contributed by atoms with Gasteiger partial charge < -0.3 is 19.7 Å². The highest BCUT2D eigenvalue weighted by Gasteiger charge is 2.37. The Morgan fingerprint density at radius 2 is 1.27 bits per heavy atom. The number of halogens is 2. The van der Waals surface area contributed by atoms with E-state index in [1.54, 1.807) is 0 Å². The molecule has 0 aromatic carbocycles. The van der Waals surface area contributed by atoms with E-state index in [2.05, 4.69) is 0 Å². The van der Waals surface area contributed by atoms with Gasteiger partial charge in [0, 0.05) is 12.8 Å². The third-order valence-corrected chi connectivity index (χ3v) is 4.82. The molecule has 0 bridgehead atoms. The van der Waals surface area contributed by atoms with Crippen molar-refractivity contribution in [1.82, 2.24) is 0 Å². The molecule has 0 aromatic heterocycles. The van der Waals surface area contributed by atoms with E-state index in [4.69, 9.17) is 19.7 Å². The summed E-state index contributed by atoms with van der Waals surface area (Å²) < 4.78 is 9.24. The van der Waals surface area contributed by atoms with Crippen molar-refractivity contribution in [2.75, 3.05) is 13.2 Å². The molecular formula is C14H22I2O6. The van der Waals surface area contributed by atoms with E-state index in [1.165, 1.54) is 0 Å². The molecule has 8 heteroatoms. The zero-order valence-corrected chi connectivity index (χ0v) is 16.6. The minimum atomic E-state index is -0.544. The molecule has 128 valence electrons. The minimum Gasteiger partial charge on any atom is -0.465 e. The maximum atomic E-state index is 12.1. The Kier molecular flexibility index (Phi) is 10.2. The van der Waals surface area contributed by atoms with Crippen LogP contribution in [0.25, 0.3) is 0 Å².